The van der Waals surface area contributed by atoms with Gasteiger partial charge in [0.2, 0.25) is 0 Å². The summed E-state index contributed by atoms with van der Waals surface area (Å²) in [4.78, 5) is 17.6. The molecule has 6 heteroatoms. The lowest BCUT2D eigenvalue weighted by Crippen LogP contribution is -2.42. The molecular formula is C18H16N4OS. The summed E-state index contributed by atoms with van der Waals surface area (Å²) < 4.78 is 1.67. The molecule has 2 heterocycles. The summed E-state index contributed by atoms with van der Waals surface area (Å²) in [7, 11) is 0. The van der Waals surface area contributed by atoms with Crippen LogP contribution in [0.5, 0.6) is 0 Å². The smallest absolute Gasteiger partial charge is 0.263 e. The van der Waals surface area contributed by atoms with Crippen molar-refractivity contribution >= 4 is 34.4 Å². The van der Waals surface area contributed by atoms with Crippen molar-refractivity contribution in [1.29, 1.82) is 0 Å². The lowest BCUT2D eigenvalue weighted by molar-refractivity contribution is 0.0816. The molecule has 4 rings (SSSR count). The van der Waals surface area contributed by atoms with Crippen LogP contribution in [0.15, 0.2) is 63.9 Å². The quantitative estimate of drug-likeness (QED) is 0.641. The second kappa shape index (κ2) is 5.56. The van der Waals surface area contributed by atoms with Crippen LogP contribution >= 0.6 is 11.8 Å². The topological polar surface area (TPSA) is 59.6 Å². The van der Waals surface area contributed by atoms with E-state index in [0.29, 0.717) is 5.75 Å². The first kappa shape index (κ1) is 15.1. The van der Waals surface area contributed by atoms with Crippen LogP contribution in [0.1, 0.15) is 17.3 Å². The summed E-state index contributed by atoms with van der Waals surface area (Å²) in [6.07, 6.45) is 0. The maximum Gasteiger partial charge on any atom is 0.263 e. The zero-order valence-electron chi connectivity index (χ0n) is 13.4. The number of imidazole rings is 1. The monoisotopic (exact) mass is 336 g/mol. The van der Waals surface area contributed by atoms with Crippen molar-refractivity contribution in [3.63, 3.8) is 0 Å². The average molecular weight is 336 g/mol. The molecule has 0 saturated carbocycles. The normalized spacial score (nSPS) is 20.7. The molecule has 0 fully saturated rings. The van der Waals surface area contributed by atoms with Gasteiger partial charge in [0, 0.05) is 5.75 Å². The molecule has 120 valence electrons. The lowest BCUT2D eigenvalue weighted by Gasteiger charge is -2.27. The number of nitrogens with zero attached hydrogens (tertiary/aromatic N) is 4. The Morgan fingerprint density at radius 1 is 1.21 bits per heavy atom. The fourth-order valence-corrected chi connectivity index (χ4v) is 3.80. The van der Waals surface area contributed by atoms with E-state index in [-0.39, 0.29) is 5.91 Å². The van der Waals surface area contributed by atoms with Crippen LogP contribution in [0.3, 0.4) is 0 Å². The molecule has 0 N–H and O–H groups in total. The predicted molar refractivity (Wildman–Crippen MR) is 95.2 cm³/mol. The molecule has 1 aliphatic heterocycles. The molecule has 0 radical (unpaired) electrons. The van der Waals surface area contributed by atoms with Gasteiger partial charge in [0.1, 0.15) is 0 Å². The molecule has 0 spiro atoms. The summed E-state index contributed by atoms with van der Waals surface area (Å²) in [5.41, 5.74) is 2.62. The first-order valence-corrected chi connectivity index (χ1v) is 8.70. The fraction of sp³-hybridized carbons (Fsp3) is 0.222. The maximum atomic E-state index is 13.1. The minimum atomic E-state index is -0.898. The van der Waals surface area contributed by atoms with E-state index in [4.69, 9.17) is 0 Å². The largest absolute Gasteiger partial charge is 0.271 e. The summed E-state index contributed by atoms with van der Waals surface area (Å²) in [6, 6.07) is 15.4. The third-order valence-electron chi connectivity index (χ3n) is 4.06. The van der Waals surface area contributed by atoms with Gasteiger partial charge in [-0.3, -0.25) is 9.36 Å². The number of rotatable bonds is 2. The van der Waals surface area contributed by atoms with Crippen molar-refractivity contribution in [1.82, 2.24) is 9.55 Å². The zero-order chi connectivity index (χ0) is 16.7. The number of fused-ring (bicyclic) bond motifs is 3. The molecule has 3 aromatic rings. The number of hydrogen-bond donors (Lipinski definition) is 0. The van der Waals surface area contributed by atoms with Gasteiger partial charge in [-0.2, -0.15) is 10.2 Å². The molecule has 5 nitrogen and oxygen atoms in total. The Balaban J connectivity index is 1.73. The highest BCUT2D eigenvalue weighted by Crippen LogP contribution is 2.35. The van der Waals surface area contributed by atoms with Crippen LogP contribution in [0.2, 0.25) is 0 Å². The van der Waals surface area contributed by atoms with Gasteiger partial charge in [-0.1, -0.05) is 36.0 Å². The minimum absolute atomic E-state index is 0.0821. The van der Waals surface area contributed by atoms with Gasteiger partial charge in [0.25, 0.3) is 5.91 Å². The average Bonchev–Trinajstić information content (AvgIpc) is 2.96. The number of benzene rings is 2. The molecule has 1 atom stereocenters. The minimum Gasteiger partial charge on any atom is -0.271 e. The van der Waals surface area contributed by atoms with E-state index in [0.717, 1.165) is 27.4 Å². The Labute approximate surface area is 143 Å². The van der Waals surface area contributed by atoms with Crippen LogP contribution in [-0.4, -0.2) is 26.8 Å². The molecule has 2 aromatic carbocycles. The summed E-state index contributed by atoms with van der Waals surface area (Å²) in [5, 5.41) is 9.43. The van der Waals surface area contributed by atoms with Gasteiger partial charge in [0.05, 0.1) is 16.7 Å². The van der Waals surface area contributed by atoms with Crippen LogP contribution in [-0.2, 0) is 0 Å². The number of para-hydroxylation sites is 2. The first-order valence-electron chi connectivity index (χ1n) is 7.71. The van der Waals surface area contributed by atoms with Crippen molar-refractivity contribution in [2.75, 3.05) is 5.75 Å². The van der Waals surface area contributed by atoms with Gasteiger partial charge in [-0.15, -0.1) is 0 Å². The number of thioether (sulfide) groups is 1. The van der Waals surface area contributed by atoms with Crippen LogP contribution in [0.25, 0.3) is 11.0 Å². The Morgan fingerprint density at radius 3 is 2.88 bits per heavy atom. The van der Waals surface area contributed by atoms with Crippen molar-refractivity contribution < 1.29 is 4.79 Å². The second-order valence-electron chi connectivity index (χ2n) is 6.13. The SMILES string of the molecule is Cc1cccc(N=NC2(C)CSc3nc4ccccc4n3C2=O)c1. The predicted octanol–water partition coefficient (Wildman–Crippen LogP) is 4.63. The Kier molecular flexibility index (Phi) is 3.49. The molecule has 0 bridgehead atoms. The third-order valence-corrected chi connectivity index (χ3v) is 5.30. The zero-order valence-corrected chi connectivity index (χ0v) is 14.2. The first-order chi connectivity index (χ1) is 11.6. The van der Waals surface area contributed by atoms with E-state index in [9.17, 15) is 4.79 Å². The van der Waals surface area contributed by atoms with E-state index in [1.165, 1.54) is 0 Å². The third kappa shape index (κ3) is 2.43. The number of aromatic nitrogens is 2. The van der Waals surface area contributed by atoms with Crippen LogP contribution in [0.4, 0.5) is 5.69 Å². The molecule has 1 unspecified atom stereocenters. The van der Waals surface area contributed by atoms with Crippen molar-refractivity contribution in [3.05, 3.63) is 54.1 Å². The standard InChI is InChI=1S/C18H16N4OS/c1-12-6-5-7-13(10-12)20-21-18(2)11-24-17-19-14-8-3-4-9-15(14)22(17)16(18)23/h3-10H,11H2,1-2H3. The summed E-state index contributed by atoms with van der Waals surface area (Å²) in [6.45, 7) is 3.84. The summed E-state index contributed by atoms with van der Waals surface area (Å²) >= 11 is 1.54. The Morgan fingerprint density at radius 2 is 2.04 bits per heavy atom. The van der Waals surface area contributed by atoms with Gasteiger partial charge in [0.15, 0.2) is 10.7 Å². The van der Waals surface area contributed by atoms with Gasteiger partial charge in [-0.25, -0.2) is 4.98 Å². The number of azo groups is 1. The number of aryl methyl sites for hydroxylation is 1. The molecule has 1 aliphatic rings. The van der Waals surface area contributed by atoms with E-state index >= 15 is 0 Å². The molecule has 0 aliphatic carbocycles. The van der Waals surface area contributed by atoms with Gasteiger partial charge in [-0.05, 0) is 43.7 Å². The van der Waals surface area contributed by atoms with Crippen molar-refractivity contribution in [3.8, 4) is 0 Å². The number of carbonyl (C=O) groups is 1. The molecule has 1 aromatic heterocycles. The van der Waals surface area contributed by atoms with E-state index in [1.54, 1.807) is 16.3 Å². The number of hydrogen-bond acceptors (Lipinski definition) is 5. The van der Waals surface area contributed by atoms with E-state index in [1.807, 2.05) is 62.4 Å². The molecule has 0 saturated heterocycles. The van der Waals surface area contributed by atoms with Crippen LogP contribution in [0, 0.1) is 6.92 Å². The molecule has 0 amide bonds. The van der Waals surface area contributed by atoms with E-state index < -0.39 is 5.54 Å². The molecular weight excluding hydrogens is 320 g/mol. The highest BCUT2D eigenvalue weighted by molar-refractivity contribution is 7.99. The van der Waals surface area contributed by atoms with Crippen molar-refractivity contribution in [2.45, 2.75) is 24.5 Å². The second-order valence-corrected chi connectivity index (χ2v) is 7.07. The lowest BCUT2D eigenvalue weighted by atomic mass is 10.1. The number of carbonyl (C=O) groups excluding carboxylic acids is 1. The fourth-order valence-electron chi connectivity index (χ4n) is 2.73. The maximum absolute atomic E-state index is 13.1. The Bertz CT molecular complexity index is 978. The highest BCUT2D eigenvalue weighted by atomic mass is 32.2. The van der Waals surface area contributed by atoms with Gasteiger partial charge < -0.3 is 0 Å². The highest BCUT2D eigenvalue weighted by Gasteiger charge is 2.41. The van der Waals surface area contributed by atoms with Crippen molar-refractivity contribution in [2.24, 2.45) is 10.2 Å². The Hall–Kier alpha value is -2.47. The summed E-state index contributed by atoms with van der Waals surface area (Å²) in [5.74, 6) is 0.450. The van der Waals surface area contributed by atoms with Gasteiger partial charge >= 0.3 is 0 Å². The van der Waals surface area contributed by atoms with Crippen LogP contribution < -0.4 is 0 Å². The molecule has 24 heavy (non-hydrogen) atoms. The van der Waals surface area contributed by atoms with E-state index in [2.05, 4.69) is 15.2 Å².